The topological polar surface area (TPSA) is 84.9 Å². The number of amides is 4. The van der Waals surface area contributed by atoms with Gasteiger partial charge in [-0.2, -0.15) is 0 Å². The van der Waals surface area contributed by atoms with Crippen molar-refractivity contribution in [1.82, 2.24) is 5.32 Å². The zero-order valence-electron chi connectivity index (χ0n) is 17.6. The van der Waals surface area contributed by atoms with Crippen LogP contribution < -0.4 is 19.7 Å². The summed E-state index contributed by atoms with van der Waals surface area (Å²) in [7, 11) is 1.50. The van der Waals surface area contributed by atoms with Crippen LogP contribution in [0.25, 0.3) is 6.08 Å². The molecule has 33 heavy (non-hydrogen) atoms. The molecule has 1 N–H and O–H groups in total. The van der Waals surface area contributed by atoms with Crippen molar-refractivity contribution in [2.24, 2.45) is 0 Å². The van der Waals surface area contributed by atoms with Gasteiger partial charge in [0, 0.05) is 0 Å². The monoisotopic (exact) mass is 506 g/mol. The minimum atomic E-state index is -0.795. The van der Waals surface area contributed by atoms with Gasteiger partial charge in [-0.3, -0.25) is 14.9 Å². The molecule has 1 heterocycles. The smallest absolute Gasteiger partial charge is 0.335 e. The number of halogens is 1. The van der Waals surface area contributed by atoms with Crippen LogP contribution in [0, 0.1) is 0 Å². The molecule has 1 aliphatic rings. The molecule has 0 atom stereocenters. The van der Waals surface area contributed by atoms with E-state index in [-0.39, 0.29) is 5.57 Å². The molecule has 166 valence electrons. The number of barbiturate groups is 1. The van der Waals surface area contributed by atoms with E-state index in [4.69, 9.17) is 9.47 Å². The molecule has 0 saturated carbocycles. The summed E-state index contributed by atoms with van der Waals surface area (Å²) in [6, 6.07) is 20.6. The van der Waals surface area contributed by atoms with E-state index in [9.17, 15) is 14.4 Å². The number of carbonyl (C=O) groups is 3. The number of methoxy groups -OCH3 is 1. The van der Waals surface area contributed by atoms with Crippen LogP contribution in [-0.4, -0.2) is 25.0 Å². The van der Waals surface area contributed by atoms with Crippen molar-refractivity contribution in [3.63, 3.8) is 0 Å². The molecule has 0 radical (unpaired) electrons. The van der Waals surface area contributed by atoms with E-state index < -0.39 is 17.8 Å². The molecule has 0 spiro atoms. The second kappa shape index (κ2) is 9.70. The first-order valence-corrected chi connectivity index (χ1v) is 10.8. The summed E-state index contributed by atoms with van der Waals surface area (Å²) in [4.78, 5) is 38.7. The molecule has 4 amide bonds. The van der Waals surface area contributed by atoms with Crippen molar-refractivity contribution in [1.29, 1.82) is 0 Å². The summed E-state index contributed by atoms with van der Waals surface area (Å²) in [5, 5.41) is 2.21. The zero-order valence-corrected chi connectivity index (χ0v) is 19.2. The van der Waals surface area contributed by atoms with Gasteiger partial charge in [0.05, 0.1) is 17.3 Å². The number of anilines is 1. The average Bonchev–Trinajstić information content (AvgIpc) is 2.82. The Morgan fingerprint density at radius 3 is 2.30 bits per heavy atom. The first kappa shape index (κ1) is 22.3. The Morgan fingerprint density at radius 1 is 0.970 bits per heavy atom. The Hall–Kier alpha value is -3.91. The molecule has 0 aromatic heterocycles. The molecule has 0 bridgehead atoms. The van der Waals surface area contributed by atoms with Gasteiger partial charge in [0.2, 0.25) is 0 Å². The normalized spacial score (nSPS) is 14.9. The van der Waals surface area contributed by atoms with Crippen LogP contribution in [0.1, 0.15) is 11.1 Å². The number of hydrogen-bond donors (Lipinski definition) is 1. The molecule has 1 aliphatic heterocycles. The van der Waals surface area contributed by atoms with Crippen molar-refractivity contribution >= 4 is 45.5 Å². The van der Waals surface area contributed by atoms with E-state index in [1.54, 1.807) is 42.5 Å². The van der Waals surface area contributed by atoms with Gasteiger partial charge in [0.25, 0.3) is 11.8 Å². The predicted molar refractivity (Wildman–Crippen MR) is 127 cm³/mol. The van der Waals surface area contributed by atoms with Gasteiger partial charge in [-0.15, -0.1) is 0 Å². The van der Waals surface area contributed by atoms with Crippen molar-refractivity contribution in [2.45, 2.75) is 6.61 Å². The summed E-state index contributed by atoms with van der Waals surface area (Å²) in [6.07, 6.45) is 1.41. The number of hydrogen-bond acceptors (Lipinski definition) is 5. The van der Waals surface area contributed by atoms with Crippen LogP contribution >= 0.6 is 15.9 Å². The second-order valence-electron chi connectivity index (χ2n) is 7.10. The highest BCUT2D eigenvalue weighted by Gasteiger charge is 2.36. The molecule has 1 saturated heterocycles. The summed E-state index contributed by atoms with van der Waals surface area (Å²) >= 11 is 3.48. The Bertz CT molecular complexity index is 1240. The number of rotatable bonds is 6. The Labute approximate surface area is 198 Å². The van der Waals surface area contributed by atoms with Crippen LogP contribution in [0.4, 0.5) is 10.5 Å². The lowest BCUT2D eigenvalue weighted by Gasteiger charge is -2.26. The molecule has 8 heteroatoms. The number of urea groups is 1. The number of nitrogens with one attached hydrogen (secondary N) is 1. The number of carbonyl (C=O) groups excluding carboxylic acids is 3. The molecule has 7 nitrogen and oxygen atoms in total. The number of benzene rings is 3. The maximum Gasteiger partial charge on any atom is 0.335 e. The van der Waals surface area contributed by atoms with E-state index in [1.165, 1.54) is 13.2 Å². The third-order valence-corrected chi connectivity index (χ3v) is 5.49. The van der Waals surface area contributed by atoms with E-state index in [0.29, 0.717) is 33.8 Å². The summed E-state index contributed by atoms with van der Waals surface area (Å²) in [5.74, 6) is -0.568. The minimum absolute atomic E-state index is 0.176. The first-order valence-electron chi connectivity index (χ1n) is 9.98. The van der Waals surface area contributed by atoms with Gasteiger partial charge in [0.15, 0.2) is 11.5 Å². The van der Waals surface area contributed by atoms with Crippen molar-refractivity contribution in [2.75, 3.05) is 12.0 Å². The van der Waals surface area contributed by atoms with Crippen LogP contribution in [0.2, 0.25) is 0 Å². The Balaban J connectivity index is 1.64. The summed E-state index contributed by atoms with van der Waals surface area (Å²) in [6.45, 7) is 0.339. The fourth-order valence-electron chi connectivity index (χ4n) is 3.33. The lowest BCUT2D eigenvalue weighted by atomic mass is 10.1. The Kier molecular flexibility index (Phi) is 6.55. The predicted octanol–water partition coefficient (Wildman–Crippen LogP) is 4.70. The maximum absolute atomic E-state index is 13.0. The van der Waals surface area contributed by atoms with Crippen LogP contribution in [0.5, 0.6) is 11.5 Å². The van der Waals surface area contributed by atoms with Crippen LogP contribution in [-0.2, 0) is 16.2 Å². The SMILES string of the molecule is COc1cc(/C=C2/C(=O)NC(=O)N(c3ccccc3)C2=O)cc(Br)c1OCc1ccccc1. The quantitative estimate of drug-likeness (QED) is 0.386. The molecule has 3 aromatic rings. The fourth-order valence-corrected chi connectivity index (χ4v) is 3.90. The number of nitrogens with zero attached hydrogens (tertiary/aromatic N) is 1. The number of imide groups is 2. The van der Waals surface area contributed by atoms with Gasteiger partial charge < -0.3 is 9.47 Å². The van der Waals surface area contributed by atoms with E-state index in [0.717, 1.165) is 10.5 Å². The van der Waals surface area contributed by atoms with Crippen LogP contribution in [0.3, 0.4) is 0 Å². The van der Waals surface area contributed by atoms with Gasteiger partial charge in [-0.1, -0.05) is 48.5 Å². The maximum atomic E-state index is 13.0. The molecular formula is C25H19BrN2O5. The van der Waals surface area contributed by atoms with Crippen molar-refractivity contribution < 1.29 is 23.9 Å². The summed E-state index contributed by atoms with van der Waals surface area (Å²) < 4.78 is 12.0. The third kappa shape index (κ3) is 4.80. The number of para-hydroxylation sites is 1. The average molecular weight is 507 g/mol. The lowest BCUT2D eigenvalue weighted by molar-refractivity contribution is -0.122. The highest BCUT2D eigenvalue weighted by molar-refractivity contribution is 9.10. The number of ether oxygens (including phenoxy) is 2. The highest BCUT2D eigenvalue weighted by atomic mass is 79.9. The molecular weight excluding hydrogens is 488 g/mol. The zero-order chi connectivity index (χ0) is 23.4. The fraction of sp³-hybridized carbons (Fsp3) is 0.0800. The van der Waals surface area contributed by atoms with Crippen LogP contribution in [0.15, 0.2) is 82.8 Å². The van der Waals surface area contributed by atoms with Gasteiger partial charge >= 0.3 is 6.03 Å². The standard InChI is InChI=1S/C25H19BrN2O5/c1-32-21-14-17(13-20(26)22(21)33-15-16-8-4-2-5-9-16)12-19-23(29)27-25(31)28(24(19)30)18-10-6-3-7-11-18/h2-14H,15H2,1H3,(H,27,29,31)/b19-12-. The lowest BCUT2D eigenvalue weighted by Crippen LogP contribution is -2.54. The molecule has 4 rings (SSSR count). The minimum Gasteiger partial charge on any atom is -0.493 e. The van der Waals surface area contributed by atoms with Gasteiger partial charge in [-0.05, 0) is 57.4 Å². The van der Waals surface area contributed by atoms with Gasteiger partial charge in [-0.25, -0.2) is 9.69 Å². The van der Waals surface area contributed by atoms with E-state index >= 15 is 0 Å². The van der Waals surface area contributed by atoms with E-state index in [2.05, 4.69) is 21.2 Å². The first-order chi connectivity index (χ1) is 16.0. The third-order valence-electron chi connectivity index (χ3n) is 4.90. The molecule has 3 aromatic carbocycles. The summed E-state index contributed by atoms with van der Waals surface area (Å²) in [5.41, 5.74) is 1.70. The molecule has 0 aliphatic carbocycles. The van der Waals surface area contributed by atoms with E-state index in [1.807, 2.05) is 30.3 Å². The Morgan fingerprint density at radius 2 is 1.64 bits per heavy atom. The van der Waals surface area contributed by atoms with Gasteiger partial charge in [0.1, 0.15) is 12.2 Å². The van der Waals surface area contributed by atoms with Crippen molar-refractivity contribution in [3.8, 4) is 11.5 Å². The van der Waals surface area contributed by atoms with Crippen molar-refractivity contribution in [3.05, 3.63) is 94.0 Å². The second-order valence-corrected chi connectivity index (χ2v) is 7.96. The highest BCUT2D eigenvalue weighted by Crippen LogP contribution is 2.38. The molecule has 0 unspecified atom stereocenters. The molecule has 1 fully saturated rings. The largest absolute Gasteiger partial charge is 0.493 e.